The zero-order valence-corrected chi connectivity index (χ0v) is 22.2. The smallest absolute Gasteiger partial charge is 0.271 e. The summed E-state index contributed by atoms with van der Waals surface area (Å²) in [5, 5.41) is 4.12. The molecule has 1 aromatic heterocycles. The van der Waals surface area contributed by atoms with Gasteiger partial charge in [-0.3, -0.25) is 4.79 Å². The van der Waals surface area contributed by atoms with Crippen LogP contribution in [0.2, 0.25) is 0 Å². The van der Waals surface area contributed by atoms with Gasteiger partial charge in [0.2, 0.25) is 0 Å². The first kappa shape index (κ1) is 25.8. The Kier molecular flexibility index (Phi) is 8.44. The number of carbonyl (C=O) groups is 1. The van der Waals surface area contributed by atoms with Crippen LogP contribution in [0.5, 0.6) is 11.5 Å². The summed E-state index contributed by atoms with van der Waals surface area (Å²) in [7, 11) is 0. The number of hydrogen-bond donors (Lipinski definition) is 1. The molecule has 0 radical (unpaired) electrons. The van der Waals surface area contributed by atoms with E-state index in [1.54, 1.807) is 30.5 Å². The zero-order valence-electron chi connectivity index (χ0n) is 20.6. The number of halogens is 1. The number of ether oxygens (including phenoxy) is 2. The third-order valence-corrected chi connectivity index (χ3v) is 6.26. The number of amides is 1. The van der Waals surface area contributed by atoms with E-state index in [4.69, 9.17) is 15.9 Å². The second kappa shape index (κ2) is 12.1. The normalized spacial score (nSPS) is 10.8. The van der Waals surface area contributed by atoms with Crippen LogP contribution >= 0.6 is 15.9 Å². The lowest BCUT2D eigenvalue weighted by atomic mass is 10.1. The Balaban J connectivity index is 1.48. The summed E-state index contributed by atoms with van der Waals surface area (Å²) < 4.78 is 14.1. The summed E-state index contributed by atoms with van der Waals surface area (Å²) >= 11 is 3.50. The first-order valence-electron chi connectivity index (χ1n) is 11.7. The summed E-state index contributed by atoms with van der Waals surface area (Å²) in [6.07, 6.45) is 6.83. The maximum Gasteiger partial charge on any atom is 0.271 e. The molecule has 0 fully saturated rings. The van der Waals surface area contributed by atoms with Gasteiger partial charge in [-0.2, -0.15) is 5.10 Å². The Bertz CT molecular complexity index is 1450. The molecule has 1 amide bonds. The Morgan fingerprint density at radius 2 is 1.78 bits per heavy atom. The summed E-state index contributed by atoms with van der Waals surface area (Å²) in [5.74, 6) is 3.19. The largest absolute Gasteiger partial charge is 0.490 e. The van der Waals surface area contributed by atoms with Crippen molar-refractivity contribution in [3.63, 3.8) is 0 Å². The fraction of sp³-hybridized carbons (Fsp3) is 0.133. The van der Waals surface area contributed by atoms with Gasteiger partial charge in [0.25, 0.3) is 5.91 Å². The quantitative estimate of drug-likeness (QED) is 0.148. The first-order chi connectivity index (χ1) is 18.0. The van der Waals surface area contributed by atoms with Gasteiger partial charge < -0.3 is 14.0 Å². The predicted molar refractivity (Wildman–Crippen MR) is 151 cm³/mol. The van der Waals surface area contributed by atoms with Gasteiger partial charge in [0.15, 0.2) is 11.5 Å². The van der Waals surface area contributed by atoms with E-state index in [-0.39, 0.29) is 12.5 Å². The van der Waals surface area contributed by atoms with E-state index in [2.05, 4.69) is 68.1 Å². The predicted octanol–water partition coefficient (Wildman–Crippen LogP) is 6.39. The molecule has 4 aromatic rings. The number of carbonyl (C=O) groups excluding carboxylic acids is 1. The average molecular weight is 556 g/mol. The molecule has 6 nitrogen and oxygen atoms in total. The highest BCUT2D eigenvalue weighted by Gasteiger charge is 2.12. The van der Waals surface area contributed by atoms with E-state index >= 15 is 0 Å². The van der Waals surface area contributed by atoms with Crippen LogP contribution in [0.15, 0.2) is 88.4 Å². The molecule has 0 aliphatic heterocycles. The van der Waals surface area contributed by atoms with Crippen LogP contribution in [-0.2, 0) is 0 Å². The number of aryl methyl sites for hydroxylation is 1. The molecular formula is C30H26BrN3O3. The minimum atomic E-state index is -0.314. The number of hydrogen-bond acceptors (Lipinski definition) is 4. The molecule has 4 rings (SSSR count). The van der Waals surface area contributed by atoms with E-state index in [0.717, 1.165) is 27.1 Å². The minimum absolute atomic E-state index is 0.131. The van der Waals surface area contributed by atoms with Gasteiger partial charge in [0, 0.05) is 27.0 Å². The number of nitrogens with zero attached hydrogens (tertiary/aromatic N) is 2. The Morgan fingerprint density at radius 3 is 2.49 bits per heavy atom. The molecule has 0 aliphatic carbocycles. The molecule has 3 aromatic carbocycles. The molecule has 0 aliphatic rings. The number of hydrazone groups is 1. The molecule has 0 bridgehead atoms. The van der Waals surface area contributed by atoms with Gasteiger partial charge >= 0.3 is 0 Å². The maximum atomic E-state index is 12.7. The summed E-state index contributed by atoms with van der Waals surface area (Å²) in [6, 6.07) is 25.4. The Hall–Kier alpha value is -4.28. The number of benzene rings is 3. The molecule has 37 heavy (non-hydrogen) atoms. The van der Waals surface area contributed by atoms with Crippen molar-refractivity contribution in [3.05, 3.63) is 100 Å². The van der Waals surface area contributed by atoms with E-state index in [1.807, 2.05) is 37.3 Å². The van der Waals surface area contributed by atoms with Gasteiger partial charge in [-0.1, -0.05) is 36.3 Å². The van der Waals surface area contributed by atoms with Gasteiger partial charge in [0.1, 0.15) is 6.61 Å². The van der Waals surface area contributed by atoms with Crippen molar-refractivity contribution in [3.8, 4) is 40.8 Å². The lowest BCUT2D eigenvalue weighted by Gasteiger charge is -2.13. The van der Waals surface area contributed by atoms with Crippen molar-refractivity contribution in [2.24, 2.45) is 5.10 Å². The number of nitrogens with one attached hydrogen (secondary N) is 1. The van der Waals surface area contributed by atoms with Crippen molar-refractivity contribution in [2.45, 2.75) is 13.8 Å². The van der Waals surface area contributed by atoms with Crippen LogP contribution in [0.4, 0.5) is 0 Å². The highest BCUT2D eigenvalue weighted by molar-refractivity contribution is 9.10. The summed E-state index contributed by atoms with van der Waals surface area (Å²) in [6.45, 7) is 4.54. The molecule has 0 unspecified atom stereocenters. The minimum Gasteiger partial charge on any atom is -0.490 e. The SMILES string of the molecule is C#CCOc1cc(Br)c(/C=N/NC(=O)c2ccc(-n3c(C)ccc3-c3ccccc3)cc2)cc1OCC. The molecule has 186 valence electrons. The fourth-order valence-corrected chi connectivity index (χ4v) is 4.28. The molecule has 1 N–H and O–H groups in total. The van der Waals surface area contributed by atoms with Crippen LogP contribution in [0.25, 0.3) is 16.9 Å². The van der Waals surface area contributed by atoms with Gasteiger partial charge in [-0.25, -0.2) is 5.43 Å². The summed E-state index contributed by atoms with van der Waals surface area (Å²) in [5.41, 5.74) is 8.09. The van der Waals surface area contributed by atoms with Crippen LogP contribution in [-0.4, -0.2) is 29.9 Å². The molecule has 7 heteroatoms. The topological polar surface area (TPSA) is 64.8 Å². The number of aromatic nitrogens is 1. The van der Waals surface area contributed by atoms with E-state index in [9.17, 15) is 4.79 Å². The maximum absolute atomic E-state index is 12.7. The lowest BCUT2D eigenvalue weighted by Crippen LogP contribution is -2.17. The second-order valence-corrected chi connectivity index (χ2v) is 8.91. The van der Waals surface area contributed by atoms with Crippen LogP contribution in [0, 0.1) is 19.3 Å². The third kappa shape index (κ3) is 6.11. The zero-order chi connectivity index (χ0) is 26.2. The first-order valence-corrected chi connectivity index (χ1v) is 12.5. The molecule has 0 saturated heterocycles. The van der Waals surface area contributed by atoms with Gasteiger partial charge in [-0.05, 0) is 83.9 Å². The lowest BCUT2D eigenvalue weighted by molar-refractivity contribution is 0.0955. The van der Waals surface area contributed by atoms with Crippen LogP contribution < -0.4 is 14.9 Å². The van der Waals surface area contributed by atoms with Crippen molar-refractivity contribution in [1.82, 2.24) is 9.99 Å². The van der Waals surface area contributed by atoms with Crippen LogP contribution in [0.3, 0.4) is 0 Å². The summed E-state index contributed by atoms with van der Waals surface area (Å²) in [4.78, 5) is 12.7. The van der Waals surface area contributed by atoms with Crippen LogP contribution in [0.1, 0.15) is 28.5 Å². The molecule has 0 atom stereocenters. The van der Waals surface area contributed by atoms with E-state index in [0.29, 0.717) is 29.2 Å². The Morgan fingerprint density at radius 1 is 1.05 bits per heavy atom. The highest BCUT2D eigenvalue weighted by atomic mass is 79.9. The van der Waals surface area contributed by atoms with E-state index < -0.39 is 0 Å². The third-order valence-electron chi connectivity index (χ3n) is 5.58. The number of rotatable bonds is 9. The highest BCUT2D eigenvalue weighted by Crippen LogP contribution is 2.33. The van der Waals surface area contributed by atoms with Crippen molar-refractivity contribution >= 4 is 28.1 Å². The van der Waals surface area contributed by atoms with Gasteiger partial charge in [0.05, 0.1) is 18.5 Å². The van der Waals surface area contributed by atoms with E-state index in [1.165, 1.54) is 0 Å². The molecule has 0 spiro atoms. The molecular weight excluding hydrogens is 530 g/mol. The molecule has 0 saturated carbocycles. The van der Waals surface area contributed by atoms with Gasteiger partial charge in [-0.15, -0.1) is 6.42 Å². The Labute approximate surface area is 225 Å². The monoisotopic (exact) mass is 555 g/mol. The average Bonchev–Trinajstić information content (AvgIpc) is 3.31. The second-order valence-electron chi connectivity index (χ2n) is 8.05. The van der Waals surface area contributed by atoms with Crippen molar-refractivity contribution in [1.29, 1.82) is 0 Å². The van der Waals surface area contributed by atoms with Crippen molar-refractivity contribution < 1.29 is 14.3 Å². The fourth-order valence-electron chi connectivity index (χ4n) is 3.85. The standard InChI is InChI=1S/C30H26BrN3O3/c1-4-17-37-29-19-26(31)24(18-28(29)36-5-2)20-32-33-30(35)23-12-14-25(15-13-23)34-21(3)11-16-27(34)22-9-7-6-8-10-22/h1,6-16,18-20H,5,17H2,2-3H3,(H,33,35)/b32-20+. The van der Waals surface area contributed by atoms with Crippen molar-refractivity contribution in [2.75, 3.05) is 13.2 Å². The molecule has 1 heterocycles. The number of terminal acetylenes is 1.